The zero-order valence-electron chi connectivity index (χ0n) is 15.5. The van der Waals surface area contributed by atoms with Crippen molar-refractivity contribution in [1.82, 2.24) is 9.88 Å². The lowest BCUT2D eigenvalue weighted by Gasteiger charge is -2.11. The van der Waals surface area contributed by atoms with Crippen LogP contribution in [0.1, 0.15) is 5.56 Å². The second-order valence-corrected chi connectivity index (χ2v) is 9.53. The molecule has 0 spiro atoms. The van der Waals surface area contributed by atoms with Crippen LogP contribution >= 0.6 is 46.5 Å². The standard InChI is InChI=1S/C20H11ClN4O3S3/c21-12-3-1-11(2-4-12)7-16-18(27)25(20(28)31-16)9-17(26)24-19-23-14-6-5-13(29-10-22)8-15(14)30-19/h1-8H,9H2,(H,23,24,26)/b16-7+. The molecule has 0 saturated carbocycles. The highest BCUT2D eigenvalue weighted by Crippen LogP contribution is 2.33. The van der Waals surface area contributed by atoms with E-state index in [1.807, 2.05) is 11.5 Å². The number of rotatable bonds is 5. The van der Waals surface area contributed by atoms with Crippen molar-refractivity contribution >= 4 is 84.9 Å². The fourth-order valence-electron chi connectivity index (χ4n) is 2.72. The Balaban J connectivity index is 1.44. The van der Waals surface area contributed by atoms with Crippen molar-refractivity contribution in [3.05, 3.63) is 58.0 Å². The Kier molecular flexibility index (Phi) is 6.29. The van der Waals surface area contributed by atoms with Gasteiger partial charge in [-0.05, 0) is 65.5 Å². The van der Waals surface area contributed by atoms with Crippen molar-refractivity contribution in [3.63, 3.8) is 0 Å². The number of nitriles is 1. The van der Waals surface area contributed by atoms with Crippen LogP contribution in [0.5, 0.6) is 0 Å². The van der Waals surface area contributed by atoms with Crippen molar-refractivity contribution in [2.24, 2.45) is 0 Å². The minimum Gasteiger partial charge on any atom is -0.300 e. The molecule has 1 aliphatic heterocycles. The monoisotopic (exact) mass is 486 g/mol. The number of imide groups is 1. The molecule has 1 saturated heterocycles. The summed E-state index contributed by atoms with van der Waals surface area (Å²) in [5, 5.41) is 13.8. The molecule has 154 valence electrons. The average molecular weight is 487 g/mol. The van der Waals surface area contributed by atoms with Gasteiger partial charge in [-0.2, -0.15) is 5.26 Å². The normalized spacial score (nSPS) is 15.0. The fourth-order valence-corrected chi connectivity index (χ4v) is 5.10. The van der Waals surface area contributed by atoms with Crippen molar-refractivity contribution < 1.29 is 14.4 Å². The number of carbonyl (C=O) groups is 3. The number of benzene rings is 2. The molecule has 0 bridgehead atoms. The molecule has 0 unspecified atom stereocenters. The van der Waals surface area contributed by atoms with Gasteiger partial charge >= 0.3 is 0 Å². The van der Waals surface area contributed by atoms with E-state index in [1.165, 1.54) is 11.3 Å². The van der Waals surface area contributed by atoms with Gasteiger partial charge in [-0.15, -0.1) is 0 Å². The van der Waals surface area contributed by atoms with Crippen LogP contribution in [0.3, 0.4) is 0 Å². The van der Waals surface area contributed by atoms with Crippen LogP contribution in [-0.2, 0) is 9.59 Å². The number of carbonyl (C=O) groups excluding carboxylic acids is 3. The maximum absolute atomic E-state index is 12.6. The summed E-state index contributed by atoms with van der Waals surface area (Å²) in [4.78, 5) is 43.5. The number of aromatic nitrogens is 1. The van der Waals surface area contributed by atoms with Crippen molar-refractivity contribution in [3.8, 4) is 5.40 Å². The van der Waals surface area contributed by atoms with Crippen LogP contribution in [0, 0.1) is 10.7 Å². The third-order valence-corrected chi connectivity index (χ3v) is 6.79. The van der Waals surface area contributed by atoms with E-state index in [-0.39, 0.29) is 4.91 Å². The molecule has 4 rings (SSSR count). The number of fused-ring (bicyclic) bond motifs is 1. The molecular formula is C20H11ClN4O3S3. The topological polar surface area (TPSA) is 103 Å². The Morgan fingerprint density at radius 2 is 2.03 bits per heavy atom. The maximum Gasteiger partial charge on any atom is 0.294 e. The van der Waals surface area contributed by atoms with Crippen molar-refractivity contribution in [1.29, 1.82) is 5.26 Å². The number of nitrogens with zero attached hydrogens (tertiary/aromatic N) is 3. The van der Waals surface area contributed by atoms with E-state index in [0.29, 0.717) is 15.7 Å². The van der Waals surface area contributed by atoms with E-state index >= 15 is 0 Å². The van der Waals surface area contributed by atoms with Crippen molar-refractivity contribution in [2.75, 3.05) is 11.9 Å². The first-order valence-electron chi connectivity index (χ1n) is 8.70. The summed E-state index contributed by atoms with van der Waals surface area (Å²) in [6.45, 7) is -0.409. The van der Waals surface area contributed by atoms with E-state index in [0.717, 1.165) is 43.6 Å². The third-order valence-electron chi connectivity index (χ3n) is 4.11. The first kappa shape index (κ1) is 21.4. The number of thioether (sulfide) groups is 2. The Morgan fingerprint density at radius 3 is 2.77 bits per heavy atom. The largest absolute Gasteiger partial charge is 0.300 e. The number of hydrogen-bond acceptors (Lipinski definition) is 8. The van der Waals surface area contributed by atoms with Gasteiger partial charge in [0.1, 0.15) is 11.9 Å². The van der Waals surface area contributed by atoms with Gasteiger partial charge in [-0.1, -0.05) is 35.1 Å². The van der Waals surface area contributed by atoms with E-state index in [1.54, 1.807) is 42.5 Å². The Labute approximate surface area is 194 Å². The molecule has 2 heterocycles. The lowest BCUT2D eigenvalue weighted by atomic mass is 10.2. The summed E-state index contributed by atoms with van der Waals surface area (Å²) in [5.41, 5.74) is 1.41. The van der Waals surface area contributed by atoms with E-state index < -0.39 is 23.6 Å². The van der Waals surface area contributed by atoms with Crippen LogP contribution in [0.15, 0.2) is 52.3 Å². The number of amides is 3. The summed E-state index contributed by atoms with van der Waals surface area (Å²) in [5.74, 6) is -1.05. The van der Waals surface area contributed by atoms with Gasteiger partial charge in [-0.3, -0.25) is 19.3 Å². The first-order chi connectivity index (χ1) is 14.9. The molecule has 1 aromatic heterocycles. The molecular weight excluding hydrogens is 476 g/mol. The lowest BCUT2D eigenvalue weighted by Crippen LogP contribution is -2.36. The molecule has 11 heteroatoms. The highest BCUT2D eigenvalue weighted by Gasteiger charge is 2.36. The second-order valence-electron chi connectivity index (χ2n) is 6.21. The van der Waals surface area contributed by atoms with Gasteiger partial charge in [0.05, 0.1) is 15.1 Å². The summed E-state index contributed by atoms with van der Waals surface area (Å²) in [6, 6.07) is 12.2. The zero-order chi connectivity index (χ0) is 22.0. The molecule has 1 N–H and O–H groups in total. The number of nitrogens with one attached hydrogen (secondary N) is 1. The van der Waals surface area contributed by atoms with Crippen LogP contribution in [0.4, 0.5) is 9.93 Å². The van der Waals surface area contributed by atoms with E-state index in [4.69, 9.17) is 16.9 Å². The number of halogens is 1. The molecule has 0 atom stereocenters. The third kappa shape index (κ3) is 4.91. The summed E-state index contributed by atoms with van der Waals surface area (Å²) >= 11 is 8.92. The Hall–Kier alpha value is -2.84. The average Bonchev–Trinajstić information content (AvgIpc) is 3.24. The predicted octanol–water partition coefficient (Wildman–Crippen LogP) is 5.20. The number of hydrogen-bond donors (Lipinski definition) is 1. The molecule has 3 amide bonds. The molecule has 7 nitrogen and oxygen atoms in total. The van der Waals surface area contributed by atoms with Gasteiger partial charge in [0.2, 0.25) is 5.91 Å². The minimum absolute atomic E-state index is 0.239. The Bertz CT molecular complexity index is 1280. The highest BCUT2D eigenvalue weighted by molar-refractivity contribution is 8.18. The number of anilines is 1. The molecule has 0 radical (unpaired) electrons. The number of thiazole rings is 1. The van der Waals surface area contributed by atoms with Crippen LogP contribution in [0.2, 0.25) is 5.02 Å². The quantitative estimate of drug-likeness (QED) is 0.300. The van der Waals surface area contributed by atoms with Crippen LogP contribution in [-0.4, -0.2) is 33.5 Å². The molecule has 0 aliphatic carbocycles. The van der Waals surface area contributed by atoms with Gasteiger partial charge in [0.25, 0.3) is 11.1 Å². The fraction of sp³-hybridized carbons (Fsp3) is 0.0500. The summed E-state index contributed by atoms with van der Waals surface area (Å²) in [7, 11) is 0. The molecule has 3 aromatic rings. The van der Waals surface area contributed by atoms with Crippen LogP contribution < -0.4 is 5.32 Å². The zero-order valence-corrected chi connectivity index (χ0v) is 18.7. The maximum atomic E-state index is 12.6. The smallest absolute Gasteiger partial charge is 0.294 e. The van der Waals surface area contributed by atoms with Crippen molar-refractivity contribution in [2.45, 2.75) is 4.90 Å². The van der Waals surface area contributed by atoms with Crippen LogP contribution in [0.25, 0.3) is 16.3 Å². The highest BCUT2D eigenvalue weighted by atomic mass is 35.5. The molecule has 2 aromatic carbocycles. The first-order valence-corrected chi connectivity index (χ1v) is 11.5. The SMILES string of the molecule is N#CSc1ccc2nc(NC(=O)CN3C(=O)S/C(=C/c4ccc(Cl)cc4)C3=O)sc2c1. The van der Waals surface area contributed by atoms with E-state index in [9.17, 15) is 14.4 Å². The van der Waals surface area contributed by atoms with E-state index in [2.05, 4.69) is 10.3 Å². The molecule has 1 fully saturated rings. The van der Waals surface area contributed by atoms with Gasteiger partial charge in [-0.25, -0.2) is 4.98 Å². The second kappa shape index (κ2) is 9.11. The summed E-state index contributed by atoms with van der Waals surface area (Å²) in [6.07, 6.45) is 1.59. The Morgan fingerprint density at radius 1 is 1.26 bits per heavy atom. The minimum atomic E-state index is -0.527. The predicted molar refractivity (Wildman–Crippen MR) is 124 cm³/mol. The lowest BCUT2D eigenvalue weighted by molar-refractivity contribution is -0.127. The molecule has 1 aliphatic rings. The van der Waals surface area contributed by atoms with Gasteiger partial charge < -0.3 is 5.32 Å². The van der Waals surface area contributed by atoms with Gasteiger partial charge in [0, 0.05) is 9.92 Å². The number of thiocyanates is 1. The molecule has 31 heavy (non-hydrogen) atoms. The van der Waals surface area contributed by atoms with Gasteiger partial charge in [0.15, 0.2) is 5.13 Å². The summed E-state index contributed by atoms with van der Waals surface area (Å²) < 4.78 is 0.813.